The highest BCUT2D eigenvalue weighted by Crippen LogP contribution is 2.46. The second kappa shape index (κ2) is 11.1. The zero-order valence-corrected chi connectivity index (χ0v) is 18.9. The molecule has 1 atom stereocenters. The molecule has 0 saturated heterocycles. The zero-order valence-electron chi connectivity index (χ0n) is 17.4. The summed E-state index contributed by atoms with van der Waals surface area (Å²) in [5.41, 5.74) is 1.89. The molecule has 0 fully saturated rings. The largest absolute Gasteiger partial charge is 0.466 e. The van der Waals surface area contributed by atoms with E-state index in [1.54, 1.807) is 50.1 Å². The minimum atomic E-state index is -0.747. The predicted octanol–water partition coefficient (Wildman–Crippen LogP) is 3.07. The number of halogens is 1. The SMILES string of the molecule is CCOC(=O)C1=C(SCCNC=O)N(C)C(C)=C(C(=O)OC)C1c1ccccc1Cl. The Morgan fingerprint density at radius 1 is 1.27 bits per heavy atom. The van der Waals surface area contributed by atoms with Crippen molar-refractivity contribution in [2.75, 3.05) is 33.1 Å². The molecule has 0 aliphatic carbocycles. The van der Waals surface area contributed by atoms with Gasteiger partial charge in [0.1, 0.15) is 0 Å². The molecule has 1 aliphatic heterocycles. The fourth-order valence-electron chi connectivity index (χ4n) is 3.24. The molecule has 7 nitrogen and oxygen atoms in total. The molecular formula is C21H25ClN2O5S. The molecule has 0 spiro atoms. The number of rotatable bonds is 9. The van der Waals surface area contributed by atoms with Gasteiger partial charge in [0.2, 0.25) is 6.41 Å². The molecule has 1 aromatic rings. The molecule has 0 bridgehead atoms. The van der Waals surface area contributed by atoms with Gasteiger partial charge < -0.3 is 19.7 Å². The van der Waals surface area contributed by atoms with Gasteiger partial charge in [-0.05, 0) is 25.5 Å². The molecule has 0 radical (unpaired) electrons. The monoisotopic (exact) mass is 452 g/mol. The Bertz CT molecular complexity index is 884. The fourth-order valence-corrected chi connectivity index (χ4v) is 4.59. The summed E-state index contributed by atoms with van der Waals surface area (Å²) in [6.45, 7) is 4.12. The summed E-state index contributed by atoms with van der Waals surface area (Å²) in [6.07, 6.45) is 0.624. The Balaban J connectivity index is 2.72. The topological polar surface area (TPSA) is 84.9 Å². The maximum atomic E-state index is 13.1. The van der Waals surface area contributed by atoms with E-state index in [1.165, 1.54) is 18.9 Å². The standard InChI is InChI=1S/C21H25ClN2O5S/c1-5-29-21(27)18-17(14-8-6-7-9-15(14)22)16(20(26)28-4)13(2)24(3)19(18)30-11-10-23-12-25/h6-9,12,17H,5,10-11H2,1-4H3,(H,23,25). The molecule has 30 heavy (non-hydrogen) atoms. The molecule has 1 heterocycles. The average Bonchev–Trinajstić information content (AvgIpc) is 2.73. The third-order valence-electron chi connectivity index (χ3n) is 4.69. The van der Waals surface area contributed by atoms with Gasteiger partial charge in [0.25, 0.3) is 0 Å². The first-order valence-electron chi connectivity index (χ1n) is 9.37. The van der Waals surface area contributed by atoms with E-state index in [-0.39, 0.29) is 6.61 Å². The first-order chi connectivity index (χ1) is 14.4. The second-order valence-corrected chi connectivity index (χ2v) is 7.85. The van der Waals surface area contributed by atoms with Crippen molar-refractivity contribution >= 4 is 41.7 Å². The van der Waals surface area contributed by atoms with Crippen molar-refractivity contribution in [1.29, 1.82) is 0 Å². The zero-order chi connectivity index (χ0) is 22.3. The van der Waals surface area contributed by atoms with E-state index in [0.717, 1.165) is 0 Å². The van der Waals surface area contributed by atoms with Crippen LogP contribution in [0.4, 0.5) is 0 Å². The molecule has 2 rings (SSSR count). The van der Waals surface area contributed by atoms with Gasteiger partial charge in [-0.3, -0.25) is 4.79 Å². The van der Waals surface area contributed by atoms with Crippen molar-refractivity contribution in [3.8, 4) is 0 Å². The minimum absolute atomic E-state index is 0.183. The molecular weight excluding hydrogens is 428 g/mol. The van der Waals surface area contributed by atoms with Crippen molar-refractivity contribution in [3.05, 3.63) is 56.7 Å². The third-order valence-corrected chi connectivity index (χ3v) is 6.21. The van der Waals surface area contributed by atoms with Crippen LogP contribution >= 0.6 is 23.4 Å². The van der Waals surface area contributed by atoms with Crippen molar-refractivity contribution in [3.63, 3.8) is 0 Å². The van der Waals surface area contributed by atoms with E-state index >= 15 is 0 Å². The number of carbonyl (C=O) groups excluding carboxylic acids is 3. The quantitative estimate of drug-likeness (QED) is 0.350. The summed E-state index contributed by atoms with van der Waals surface area (Å²) in [6, 6.07) is 7.07. The first kappa shape index (κ1) is 23.8. The fraction of sp³-hybridized carbons (Fsp3) is 0.381. The lowest BCUT2D eigenvalue weighted by Gasteiger charge is -2.36. The molecule has 0 saturated carbocycles. The molecule has 0 aromatic heterocycles. The Hall–Kier alpha value is -2.45. The van der Waals surface area contributed by atoms with E-state index in [9.17, 15) is 14.4 Å². The van der Waals surface area contributed by atoms with Crippen LogP contribution in [0.1, 0.15) is 25.3 Å². The van der Waals surface area contributed by atoms with Crippen LogP contribution in [0.3, 0.4) is 0 Å². The van der Waals surface area contributed by atoms with Crippen LogP contribution in [0.5, 0.6) is 0 Å². The Kier molecular flexibility index (Phi) is 8.80. The highest BCUT2D eigenvalue weighted by Gasteiger charge is 2.41. The summed E-state index contributed by atoms with van der Waals surface area (Å²) in [4.78, 5) is 38.2. The van der Waals surface area contributed by atoms with Gasteiger partial charge in [-0.2, -0.15) is 0 Å². The van der Waals surface area contributed by atoms with Crippen LogP contribution in [0, 0.1) is 0 Å². The van der Waals surface area contributed by atoms with Gasteiger partial charge in [-0.15, -0.1) is 11.8 Å². The average molecular weight is 453 g/mol. The Morgan fingerprint density at radius 3 is 2.57 bits per heavy atom. The van der Waals surface area contributed by atoms with Crippen LogP contribution in [0.2, 0.25) is 5.02 Å². The highest BCUT2D eigenvalue weighted by atomic mass is 35.5. The number of nitrogens with one attached hydrogen (secondary N) is 1. The number of hydrogen-bond donors (Lipinski definition) is 1. The number of methoxy groups -OCH3 is 1. The van der Waals surface area contributed by atoms with Gasteiger partial charge in [0.05, 0.1) is 35.8 Å². The molecule has 1 aromatic carbocycles. The first-order valence-corrected chi connectivity index (χ1v) is 10.7. The van der Waals surface area contributed by atoms with Crippen LogP contribution < -0.4 is 5.32 Å². The molecule has 162 valence electrons. The minimum Gasteiger partial charge on any atom is -0.466 e. The van der Waals surface area contributed by atoms with Crippen LogP contribution in [-0.2, 0) is 23.9 Å². The maximum Gasteiger partial charge on any atom is 0.337 e. The third kappa shape index (κ3) is 4.99. The predicted molar refractivity (Wildman–Crippen MR) is 117 cm³/mol. The Morgan fingerprint density at radius 2 is 1.97 bits per heavy atom. The number of allylic oxidation sites excluding steroid dienone is 1. The van der Waals surface area contributed by atoms with Gasteiger partial charge in [-0.1, -0.05) is 29.8 Å². The number of carbonyl (C=O) groups is 3. The lowest BCUT2D eigenvalue weighted by Crippen LogP contribution is -2.34. The van der Waals surface area contributed by atoms with Gasteiger partial charge >= 0.3 is 11.9 Å². The van der Waals surface area contributed by atoms with Crippen LogP contribution in [0.15, 0.2) is 46.1 Å². The summed E-state index contributed by atoms with van der Waals surface area (Å²) in [5, 5.41) is 3.67. The Labute approximate surface area is 185 Å². The molecule has 9 heteroatoms. The second-order valence-electron chi connectivity index (χ2n) is 6.36. The maximum absolute atomic E-state index is 13.1. The van der Waals surface area contributed by atoms with E-state index < -0.39 is 17.9 Å². The number of thioether (sulfide) groups is 1. The van der Waals surface area contributed by atoms with Crippen molar-refractivity contribution in [2.24, 2.45) is 0 Å². The normalized spacial score (nSPS) is 16.4. The summed E-state index contributed by atoms with van der Waals surface area (Å²) < 4.78 is 10.4. The molecule has 1 unspecified atom stereocenters. The number of hydrogen-bond acceptors (Lipinski definition) is 7. The lowest BCUT2D eigenvalue weighted by molar-refractivity contribution is -0.139. The van der Waals surface area contributed by atoms with Crippen LogP contribution in [-0.4, -0.2) is 56.3 Å². The lowest BCUT2D eigenvalue weighted by atomic mass is 9.81. The van der Waals surface area contributed by atoms with Gasteiger partial charge in [0, 0.05) is 30.1 Å². The van der Waals surface area contributed by atoms with Crippen molar-refractivity contribution < 1.29 is 23.9 Å². The van der Waals surface area contributed by atoms with E-state index in [4.69, 9.17) is 21.1 Å². The van der Waals surface area contributed by atoms with Gasteiger partial charge in [-0.25, -0.2) is 9.59 Å². The summed E-state index contributed by atoms with van der Waals surface area (Å²) >= 11 is 7.87. The smallest absolute Gasteiger partial charge is 0.337 e. The number of nitrogens with zero attached hydrogens (tertiary/aromatic N) is 1. The molecule has 1 N–H and O–H groups in total. The van der Waals surface area contributed by atoms with Gasteiger partial charge in [0.15, 0.2) is 0 Å². The number of amides is 1. The van der Waals surface area contributed by atoms with Crippen molar-refractivity contribution in [2.45, 2.75) is 19.8 Å². The molecule has 1 aliphatic rings. The van der Waals surface area contributed by atoms with E-state index in [2.05, 4.69) is 5.32 Å². The summed E-state index contributed by atoms with van der Waals surface area (Å²) in [7, 11) is 3.07. The molecule has 1 amide bonds. The number of benzene rings is 1. The summed E-state index contributed by atoms with van der Waals surface area (Å²) in [5.74, 6) is -1.30. The number of esters is 2. The van der Waals surface area contributed by atoms with Crippen molar-refractivity contribution in [1.82, 2.24) is 10.2 Å². The number of ether oxygens (including phenoxy) is 2. The van der Waals surface area contributed by atoms with E-state index in [0.29, 0.717) is 51.2 Å². The van der Waals surface area contributed by atoms with E-state index in [1.807, 2.05) is 0 Å². The highest BCUT2D eigenvalue weighted by molar-refractivity contribution is 8.03. The van der Waals surface area contributed by atoms with Crippen LogP contribution in [0.25, 0.3) is 0 Å².